The molecule has 422 valence electrons. The van der Waals surface area contributed by atoms with E-state index in [-0.39, 0.29) is 48.8 Å². The summed E-state index contributed by atoms with van der Waals surface area (Å²) >= 11 is 1.29. The van der Waals surface area contributed by atoms with Crippen molar-refractivity contribution in [2.75, 3.05) is 24.7 Å². The van der Waals surface area contributed by atoms with E-state index < -0.39 is 42.5 Å². The van der Waals surface area contributed by atoms with Crippen LogP contribution in [0.5, 0.6) is 0 Å². The van der Waals surface area contributed by atoms with Crippen molar-refractivity contribution in [2.45, 2.75) is 316 Å². The lowest BCUT2D eigenvalue weighted by molar-refractivity contribution is -0.157. The number of esters is 2. The highest BCUT2D eigenvalue weighted by Crippen LogP contribution is 2.18. The summed E-state index contributed by atoms with van der Waals surface area (Å²) in [7, 11) is 0. The summed E-state index contributed by atoms with van der Waals surface area (Å²) in [5.41, 5.74) is 0. The topological polar surface area (TPSA) is 177 Å². The molecule has 4 N–H and O–H groups in total. The molecule has 0 aromatic carbocycles. The van der Waals surface area contributed by atoms with E-state index in [0.717, 1.165) is 64.2 Å². The van der Waals surface area contributed by atoms with Gasteiger partial charge in [-0.3, -0.25) is 28.8 Å². The molecule has 3 atom stereocenters. The van der Waals surface area contributed by atoms with Crippen molar-refractivity contribution in [3.8, 4) is 0 Å². The average molecular weight is 1040 g/mol. The van der Waals surface area contributed by atoms with E-state index in [9.17, 15) is 28.8 Å². The first-order valence-electron chi connectivity index (χ1n) is 30.1. The maximum atomic E-state index is 13.6. The third kappa shape index (κ3) is 48.1. The molecule has 0 aromatic heterocycles. The van der Waals surface area contributed by atoms with Gasteiger partial charge >= 0.3 is 17.9 Å². The van der Waals surface area contributed by atoms with Crippen molar-refractivity contribution in [1.82, 2.24) is 16.0 Å². The van der Waals surface area contributed by atoms with Crippen LogP contribution in [0.1, 0.15) is 297 Å². The third-order valence-electron chi connectivity index (χ3n) is 13.6. The molecular formula is C59H111N3O9S. The van der Waals surface area contributed by atoms with Gasteiger partial charge in [0.2, 0.25) is 17.7 Å². The van der Waals surface area contributed by atoms with Gasteiger partial charge in [0.05, 0.1) is 0 Å². The molecule has 0 radical (unpaired) electrons. The van der Waals surface area contributed by atoms with E-state index in [1.165, 1.54) is 198 Å². The smallest absolute Gasteiger partial charge is 0.322 e. The second-order valence-corrected chi connectivity index (χ2v) is 21.8. The Labute approximate surface area is 445 Å². The number of hydrogen-bond donors (Lipinski definition) is 4. The van der Waals surface area contributed by atoms with Gasteiger partial charge in [0, 0.05) is 30.8 Å². The Morgan fingerprint density at radius 1 is 0.431 bits per heavy atom. The second-order valence-electron chi connectivity index (χ2n) is 20.8. The Bertz CT molecular complexity index is 1320. The first kappa shape index (κ1) is 69.2. The molecule has 0 saturated heterocycles. The number of carbonyl (C=O) groups excluding carboxylic acids is 5. The lowest BCUT2D eigenvalue weighted by Gasteiger charge is -2.22. The van der Waals surface area contributed by atoms with Crippen LogP contribution >= 0.6 is 11.8 Å². The number of nitrogens with one attached hydrogen (secondary N) is 3. The van der Waals surface area contributed by atoms with Crippen LogP contribution in [0.2, 0.25) is 0 Å². The number of aliphatic carboxylic acids is 1. The van der Waals surface area contributed by atoms with Crippen molar-refractivity contribution in [3.63, 3.8) is 0 Å². The van der Waals surface area contributed by atoms with Crippen molar-refractivity contribution in [1.29, 1.82) is 0 Å². The Kier molecular flexibility index (Phi) is 50.9. The fourth-order valence-electron chi connectivity index (χ4n) is 8.96. The second kappa shape index (κ2) is 53.0. The fourth-order valence-corrected chi connectivity index (χ4v) is 9.99. The van der Waals surface area contributed by atoms with Crippen molar-refractivity contribution in [2.24, 2.45) is 0 Å². The highest BCUT2D eigenvalue weighted by molar-refractivity contribution is 7.99. The van der Waals surface area contributed by atoms with Gasteiger partial charge in [-0.2, -0.15) is 11.8 Å². The molecule has 0 unspecified atom stereocenters. The van der Waals surface area contributed by atoms with Crippen LogP contribution in [0.3, 0.4) is 0 Å². The van der Waals surface area contributed by atoms with Gasteiger partial charge < -0.3 is 30.5 Å². The van der Waals surface area contributed by atoms with Crippen LogP contribution in [-0.2, 0) is 38.2 Å². The molecule has 0 fully saturated rings. The van der Waals surface area contributed by atoms with E-state index >= 15 is 0 Å². The molecule has 0 aliphatic rings. The van der Waals surface area contributed by atoms with Gasteiger partial charge in [-0.1, -0.05) is 252 Å². The lowest BCUT2D eigenvalue weighted by atomic mass is 10.0. The predicted octanol–water partition coefficient (Wildman–Crippen LogP) is 14.8. The van der Waals surface area contributed by atoms with Crippen molar-refractivity contribution >= 4 is 47.4 Å². The highest BCUT2D eigenvalue weighted by atomic mass is 32.2. The first-order chi connectivity index (χ1) is 35.0. The van der Waals surface area contributed by atoms with Crippen LogP contribution < -0.4 is 16.0 Å². The van der Waals surface area contributed by atoms with E-state index in [2.05, 4.69) is 36.7 Å². The molecule has 0 aliphatic carbocycles. The standard InChI is InChI=1S/C59H111N3O9S/c1-5-8-11-14-17-20-23-26-29-32-35-38-41-44-54(63)62-53(59(69)61-51(4)58(68)60-47-55(64)65)50-72-49-52(71-57(67)46-43-40-37-34-31-28-25-22-19-16-13-10-7-3)48-70-56(66)45-42-39-36-33-30-27-24-21-18-15-12-9-6-2/h51-53H,5-50H2,1-4H3,(H,60,68)(H,61,69)(H,62,63)(H,64,65)/t51-,52+,53-/m0/s1. The number of amides is 3. The number of hydrogen-bond acceptors (Lipinski definition) is 9. The van der Waals surface area contributed by atoms with Crippen molar-refractivity contribution in [3.05, 3.63) is 0 Å². The summed E-state index contributed by atoms with van der Waals surface area (Å²) in [6, 6.07) is -2.06. The SMILES string of the molecule is CCCCCCCCCCCCCCCC(=O)N[C@@H](CSC[C@@H](COC(=O)CCCCCCCCCCCCCCC)OC(=O)CCCCCCCCCCCCCCC)C(=O)N[C@@H](C)C(=O)NCC(=O)O. The molecule has 72 heavy (non-hydrogen) atoms. The summed E-state index contributed by atoms with van der Waals surface area (Å²) in [4.78, 5) is 76.3. The normalized spacial score (nSPS) is 12.5. The van der Waals surface area contributed by atoms with Crippen LogP contribution in [-0.4, -0.2) is 83.6 Å². The first-order valence-corrected chi connectivity index (χ1v) is 31.2. The molecule has 0 saturated carbocycles. The van der Waals surface area contributed by atoms with Crippen LogP contribution in [0.25, 0.3) is 0 Å². The predicted molar refractivity (Wildman–Crippen MR) is 299 cm³/mol. The number of carbonyl (C=O) groups is 6. The molecule has 3 amide bonds. The Morgan fingerprint density at radius 2 is 0.778 bits per heavy atom. The number of thioether (sulfide) groups is 1. The van der Waals surface area contributed by atoms with Gasteiger partial charge in [-0.15, -0.1) is 0 Å². The molecule has 0 aromatic rings. The van der Waals surface area contributed by atoms with Crippen LogP contribution in [0.15, 0.2) is 0 Å². The van der Waals surface area contributed by atoms with E-state index in [1.807, 2.05) is 0 Å². The lowest BCUT2D eigenvalue weighted by Crippen LogP contribution is -2.54. The quantitative estimate of drug-likeness (QED) is 0.0339. The Balaban J connectivity index is 5.25. The van der Waals surface area contributed by atoms with Gasteiger partial charge in [0.25, 0.3) is 0 Å². The Morgan fingerprint density at radius 3 is 1.15 bits per heavy atom. The number of unbranched alkanes of at least 4 members (excludes halogenated alkanes) is 36. The molecule has 13 heteroatoms. The van der Waals surface area contributed by atoms with Gasteiger partial charge in [-0.25, -0.2) is 0 Å². The zero-order valence-electron chi connectivity index (χ0n) is 46.9. The molecule has 0 aliphatic heterocycles. The molecule has 0 heterocycles. The monoisotopic (exact) mass is 1040 g/mol. The number of rotatable bonds is 55. The minimum absolute atomic E-state index is 0.0995. The summed E-state index contributed by atoms with van der Waals surface area (Å²) in [5.74, 6) is -3.06. The molecule has 0 spiro atoms. The van der Waals surface area contributed by atoms with E-state index in [0.29, 0.717) is 12.8 Å². The Hall–Kier alpha value is -2.83. The highest BCUT2D eigenvalue weighted by Gasteiger charge is 2.26. The number of carboxylic acids is 1. The minimum atomic E-state index is -1.21. The molecule has 0 bridgehead atoms. The average Bonchev–Trinajstić information content (AvgIpc) is 3.36. The van der Waals surface area contributed by atoms with E-state index in [4.69, 9.17) is 14.6 Å². The molecular weight excluding hydrogens is 927 g/mol. The van der Waals surface area contributed by atoms with Gasteiger partial charge in [0.1, 0.15) is 31.3 Å². The maximum Gasteiger partial charge on any atom is 0.322 e. The summed E-state index contributed by atoms with van der Waals surface area (Å²) in [6.07, 6.45) is 47.0. The van der Waals surface area contributed by atoms with Crippen LogP contribution in [0, 0.1) is 0 Å². The van der Waals surface area contributed by atoms with E-state index in [1.54, 1.807) is 0 Å². The fraction of sp³-hybridized carbons (Fsp3) is 0.898. The largest absolute Gasteiger partial charge is 0.480 e. The summed E-state index contributed by atoms with van der Waals surface area (Å²) in [5, 5.41) is 16.8. The molecule has 0 rings (SSSR count). The van der Waals surface area contributed by atoms with Crippen molar-refractivity contribution < 1.29 is 43.3 Å². The van der Waals surface area contributed by atoms with Crippen LogP contribution in [0.4, 0.5) is 0 Å². The van der Waals surface area contributed by atoms with Gasteiger partial charge in [0.15, 0.2) is 0 Å². The summed E-state index contributed by atoms with van der Waals surface area (Å²) < 4.78 is 11.6. The zero-order chi connectivity index (χ0) is 53.0. The third-order valence-corrected chi connectivity index (χ3v) is 14.8. The minimum Gasteiger partial charge on any atom is -0.480 e. The zero-order valence-corrected chi connectivity index (χ0v) is 47.7. The number of ether oxygens (including phenoxy) is 2. The maximum absolute atomic E-state index is 13.6. The van der Waals surface area contributed by atoms with Gasteiger partial charge in [-0.05, 0) is 26.2 Å². The molecule has 12 nitrogen and oxygen atoms in total. The summed E-state index contributed by atoms with van der Waals surface area (Å²) in [6.45, 7) is 7.51. The number of carboxylic acid groups (broad SMARTS) is 1.